The van der Waals surface area contributed by atoms with Crippen LogP contribution >= 0.6 is 0 Å². The summed E-state index contributed by atoms with van der Waals surface area (Å²) in [5, 5.41) is 7.45. The normalized spacial score (nSPS) is 17.9. The van der Waals surface area contributed by atoms with Gasteiger partial charge in [-0.2, -0.15) is 0 Å². The number of hydrogen-bond donors (Lipinski definition) is 1. The summed E-state index contributed by atoms with van der Waals surface area (Å²) in [4.78, 5) is 11.1. The van der Waals surface area contributed by atoms with Gasteiger partial charge in [0.05, 0.1) is 0 Å². The summed E-state index contributed by atoms with van der Waals surface area (Å²) in [5.41, 5.74) is 2.45. The van der Waals surface area contributed by atoms with E-state index in [0.29, 0.717) is 18.6 Å². The Morgan fingerprint density at radius 1 is 1.58 bits per heavy atom. The Morgan fingerprint density at radius 3 is 2.75 bits per heavy atom. The van der Waals surface area contributed by atoms with E-state index in [9.17, 15) is 4.79 Å². The van der Waals surface area contributed by atoms with Gasteiger partial charge < -0.3 is 5.41 Å². The number of carbonyl (C=O) groups is 1. The van der Waals surface area contributed by atoms with E-state index in [-0.39, 0.29) is 5.78 Å². The molecule has 1 aliphatic carbocycles. The number of ketones is 1. The largest absolute Gasteiger partial charge is 0.305 e. The van der Waals surface area contributed by atoms with E-state index < -0.39 is 0 Å². The first-order chi connectivity index (χ1) is 5.65. The smallest absolute Gasteiger partial charge is 0.137 e. The number of allylic oxidation sites excluding steroid dienone is 3. The monoisotopic (exact) mass is 163 g/mol. The fourth-order valence-corrected chi connectivity index (χ4v) is 1.42. The topological polar surface area (TPSA) is 40.9 Å². The SMILES string of the molecule is C=CC1=C(C(C)=N)CC(=O)CC1. The molecule has 12 heavy (non-hydrogen) atoms. The molecular weight excluding hydrogens is 150 g/mol. The zero-order chi connectivity index (χ0) is 9.14. The Balaban J connectivity index is 2.99. The standard InChI is InChI=1S/C10H13NO/c1-3-8-4-5-9(12)6-10(8)7(2)11/h3,11H,1,4-6H2,2H3. The predicted octanol–water partition coefficient (Wildman–Crippen LogP) is 2.26. The fraction of sp³-hybridized carbons (Fsp3) is 0.400. The third-order valence-electron chi connectivity index (χ3n) is 2.13. The van der Waals surface area contributed by atoms with Crippen LogP contribution < -0.4 is 0 Å². The molecule has 1 N–H and O–H groups in total. The second-order valence-corrected chi connectivity index (χ2v) is 3.05. The van der Waals surface area contributed by atoms with Gasteiger partial charge in [0.2, 0.25) is 0 Å². The maximum absolute atomic E-state index is 11.1. The van der Waals surface area contributed by atoms with Gasteiger partial charge in [0.25, 0.3) is 0 Å². The van der Waals surface area contributed by atoms with Crippen molar-refractivity contribution in [3.8, 4) is 0 Å². The van der Waals surface area contributed by atoms with Crippen LogP contribution in [0.5, 0.6) is 0 Å². The third-order valence-corrected chi connectivity index (χ3v) is 2.13. The molecule has 0 saturated carbocycles. The lowest BCUT2D eigenvalue weighted by atomic mass is 9.88. The number of Topliss-reactive ketones (excluding diaryl/α,β-unsaturated/α-hetero) is 1. The van der Waals surface area contributed by atoms with Crippen LogP contribution in [0.1, 0.15) is 26.2 Å². The van der Waals surface area contributed by atoms with Crippen molar-refractivity contribution in [1.29, 1.82) is 5.41 Å². The average Bonchev–Trinajstić information content (AvgIpc) is 2.04. The molecule has 0 bridgehead atoms. The molecule has 0 saturated heterocycles. The van der Waals surface area contributed by atoms with Crippen LogP contribution in [-0.4, -0.2) is 11.5 Å². The van der Waals surface area contributed by atoms with Gasteiger partial charge in [0.1, 0.15) is 5.78 Å². The lowest BCUT2D eigenvalue weighted by Gasteiger charge is -2.15. The Morgan fingerprint density at radius 2 is 2.25 bits per heavy atom. The molecular formula is C10H13NO. The maximum Gasteiger partial charge on any atom is 0.137 e. The van der Waals surface area contributed by atoms with E-state index in [1.165, 1.54) is 0 Å². The highest BCUT2D eigenvalue weighted by molar-refractivity contribution is 6.02. The molecule has 0 radical (unpaired) electrons. The highest BCUT2D eigenvalue weighted by atomic mass is 16.1. The summed E-state index contributed by atoms with van der Waals surface area (Å²) in [5.74, 6) is 0.238. The van der Waals surface area contributed by atoms with Gasteiger partial charge in [-0.15, -0.1) is 0 Å². The van der Waals surface area contributed by atoms with Gasteiger partial charge in [-0.25, -0.2) is 0 Å². The van der Waals surface area contributed by atoms with Gasteiger partial charge in [-0.3, -0.25) is 4.79 Å². The highest BCUT2D eigenvalue weighted by Crippen LogP contribution is 2.23. The zero-order valence-corrected chi connectivity index (χ0v) is 7.31. The second kappa shape index (κ2) is 3.48. The second-order valence-electron chi connectivity index (χ2n) is 3.05. The first-order valence-corrected chi connectivity index (χ1v) is 4.07. The van der Waals surface area contributed by atoms with Crippen LogP contribution in [0.15, 0.2) is 23.8 Å². The molecule has 64 valence electrons. The minimum Gasteiger partial charge on any atom is -0.305 e. The zero-order valence-electron chi connectivity index (χ0n) is 7.31. The Kier molecular flexibility index (Phi) is 2.58. The predicted molar refractivity (Wildman–Crippen MR) is 49.5 cm³/mol. The van der Waals surface area contributed by atoms with Crippen molar-refractivity contribution in [1.82, 2.24) is 0 Å². The minimum atomic E-state index is 0.238. The van der Waals surface area contributed by atoms with E-state index in [4.69, 9.17) is 5.41 Å². The first-order valence-electron chi connectivity index (χ1n) is 4.07. The van der Waals surface area contributed by atoms with Crippen molar-refractivity contribution in [3.05, 3.63) is 23.8 Å². The molecule has 2 heteroatoms. The number of nitrogens with one attached hydrogen (secondary N) is 1. The van der Waals surface area contributed by atoms with Crippen LogP contribution in [-0.2, 0) is 4.79 Å². The van der Waals surface area contributed by atoms with Crippen LogP contribution in [0, 0.1) is 5.41 Å². The summed E-state index contributed by atoms with van der Waals surface area (Å²) in [7, 11) is 0. The van der Waals surface area contributed by atoms with Crippen molar-refractivity contribution in [3.63, 3.8) is 0 Å². The van der Waals surface area contributed by atoms with Crippen molar-refractivity contribution in [2.45, 2.75) is 26.2 Å². The fourth-order valence-electron chi connectivity index (χ4n) is 1.42. The van der Waals surface area contributed by atoms with Crippen molar-refractivity contribution < 1.29 is 4.79 Å². The van der Waals surface area contributed by atoms with Gasteiger partial charge in [0.15, 0.2) is 0 Å². The molecule has 0 heterocycles. The average molecular weight is 163 g/mol. The Hall–Kier alpha value is -1.18. The summed E-state index contributed by atoms with van der Waals surface area (Å²) in [6.07, 6.45) is 3.56. The molecule has 1 aliphatic rings. The van der Waals surface area contributed by atoms with E-state index >= 15 is 0 Å². The molecule has 0 unspecified atom stereocenters. The summed E-state index contributed by atoms with van der Waals surface area (Å²) < 4.78 is 0. The number of carbonyl (C=O) groups excluding carboxylic acids is 1. The molecule has 0 spiro atoms. The van der Waals surface area contributed by atoms with Crippen molar-refractivity contribution in [2.24, 2.45) is 0 Å². The molecule has 0 aromatic carbocycles. The van der Waals surface area contributed by atoms with Crippen LogP contribution in [0.2, 0.25) is 0 Å². The van der Waals surface area contributed by atoms with Gasteiger partial charge in [-0.05, 0) is 24.5 Å². The Bertz CT molecular complexity index is 274. The van der Waals surface area contributed by atoms with Crippen LogP contribution in [0.3, 0.4) is 0 Å². The summed E-state index contributed by atoms with van der Waals surface area (Å²) >= 11 is 0. The van der Waals surface area contributed by atoms with E-state index in [0.717, 1.165) is 17.6 Å². The first kappa shape index (κ1) is 8.91. The number of hydrogen-bond acceptors (Lipinski definition) is 2. The number of rotatable bonds is 2. The lowest BCUT2D eigenvalue weighted by Crippen LogP contribution is -2.12. The van der Waals surface area contributed by atoms with Crippen LogP contribution in [0.25, 0.3) is 0 Å². The van der Waals surface area contributed by atoms with Crippen molar-refractivity contribution in [2.75, 3.05) is 0 Å². The molecule has 0 aliphatic heterocycles. The van der Waals surface area contributed by atoms with Crippen molar-refractivity contribution >= 4 is 11.5 Å². The molecule has 0 aromatic rings. The molecule has 1 rings (SSSR count). The maximum atomic E-state index is 11.1. The molecule has 2 nitrogen and oxygen atoms in total. The van der Waals surface area contributed by atoms with E-state index in [1.54, 1.807) is 13.0 Å². The molecule has 0 aromatic heterocycles. The molecule has 0 amide bonds. The van der Waals surface area contributed by atoms with Gasteiger partial charge in [-0.1, -0.05) is 12.7 Å². The van der Waals surface area contributed by atoms with Gasteiger partial charge >= 0.3 is 0 Å². The minimum absolute atomic E-state index is 0.238. The lowest BCUT2D eigenvalue weighted by molar-refractivity contribution is -0.118. The third kappa shape index (κ3) is 1.70. The molecule has 0 fully saturated rings. The molecule has 0 atom stereocenters. The van der Waals surface area contributed by atoms with Gasteiger partial charge in [0, 0.05) is 18.6 Å². The van der Waals surface area contributed by atoms with Crippen LogP contribution in [0.4, 0.5) is 0 Å². The van der Waals surface area contributed by atoms with E-state index in [2.05, 4.69) is 6.58 Å². The van der Waals surface area contributed by atoms with E-state index in [1.807, 2.05) is 0 Å². The summed E-state index contributed by atoms with van der Waals surface area (Å²) in [6, 6.07) is 0. The Labute approximate surface area is 72.5 Å². The highest BCUT2D eigenvalue weighted by Gasteiger charge is 2.17. The summed E-state index contributed by atoms with van der Waals surface area (Å²) in [6.45, 7) is 5.40. The quantitative estimate of drug-likeness (QED) is 0.623.